The molecule has 1 amide bonds. The molecule has 0 N–H and O–H groups in total. The molecule has 2 heterocycles. The van der Waals surface area contributed by atoms with E-state index >= 15 is 0 Å². The van der Waals surface area contributed by atoms with Gasteiger partial charge < -0.3 is 4.74 Å². The Hall–Kier alpha value is -2.10. The number of fused-ring (bicyclic) bond motifs is 3. The highest BCUT2D eigenvalue weighted by molar-refractivity contribution is 6.07. The van der Waals surface area contributed by atoms with E-state index in [4.69, 9.17) is 9.73 Å². The number of ether oxygens (including phenoxy) is 1. The van der Waals surface area contributed by atoms with E-state index in [1.165, 1.54) is 12.7 Å². The second kappa shape index (κ2) is 5.59. The van der Waals surface area contributed by atoms with E-state index in [1.54, 1.807) is 0 Å². The van der Waals surface area contributed by atoms with Crippen LogP contribution < -0.4 is 0 Å². The number of benzene rings is 1. The number of hydrogen-bond acceptors (Lipinski definition) is 3. The largest absolute Gasteiger partial charge is 0.453 e. The molecular weight excluding hydrogens is 276 g/mol. The number of para-hydroxylation sites is 1. The molecule has 0 bridgehead atoms. The van der Waals surface area contributed by atoms with Crippen LogP contribution in [0.2, 0.25) is 0 Å². The number of likely N-dealkylation sites (tertiary alicyclic amines) is 1. The highest BCUT2D eigenvalue weighted by atomic mass is 16.5. The summed E-state index contributed by atoms with van der Waals surface area (Å²) in [5.74, 6) is 0. The van der Waals surface area contributed by atoms with Gasteiger partial charge >= 0.3 is 6.09 Å². The predicted molar refractivity (Wildman–Crippen MR) is 87.8 cm³/mol. The third kappa shape index (κ3) is 1.97. The standard InChI is InChI=1S/C18H22N2O2/c1-4-10-18-11-12-20(17(21)22-3)15(5-2)16(18)19-14-9-7-6-8-13(14)18/h4,6-9,15H,1,5,10-12H2,2-3H3. The van der Waals surface area contributed by atoms with Gasteiger partial charge in [-0.1, -0.05) is 31.2 Å². The average Bonchev–Trinajstić information content (AvgIpc) is 2.88. The van der Waals surface area contributed by atoms with Crippen LogP contribution in [-0.2, 0) is 10.2 Å². The van der Waals surface area contributed by atoms with Crippen molar-refractivity contribution >= 4 is 17.5 Å². The summed E-state index contributed by atoms with van der Waals surface area (Å²) in [5, 5.41) is 0. The van der Waals surface area contributed by atoms with Crippen molar-refractivity contribution in [2.75, 3.05) is 13.7 Å². The van der Waals surface area contributed by atoms with Crippen molar-refractivity contribution in [1.29, 1.82) is 0 Å². The summed E-state index contributed by atoms with van der Waals surface area (Å²) in [6.07, 6.45) is 4.26. The molecule has 2 unspecified atom stereocenters. The van der Waals surface area contributed by atoms with Gasteiger partial charge in [0.15, 0.2) is 0 Å². The van der Waals surface area contributed by atoms with Crippen molar-refractivity contribution in [2.24, 2.45) is 4.99 Å². The van der Waals surface area contributed by atoms with Crippen LogP contribution in [0.3, 0.4) is 0 Å². The summed E-state index contributed by atoms with van der Waals surface area (Å²) in [6.45, 7) is 6.72. The Kier molecular flexibility index (Phi) is 3.77. The maximum Gasteiger partial charge on any atom is 0.410 e. The highest BCUT2D eigenvalue weighted by Gasteiger charge is 2.50. The summed E-state index contributed by atoms with van der Waals surface area (Å²) in [6, 6.07) is 8.29. The Morgan fingerprint density at radius 2 is 2.32 bits per heavy atom. The quantitative estimate of drug-likeness (QED) is 0.796. The first-order chi connectivity index (χ1) is 10.7. The maximum atomic E-state index is 12.1. The lowest BCUT2D eigenvalue weighted by molar-refractivity contribution is 0.105. The smallest absolute Gasteiger partial charge is 0.410 e. The molecule has 116 valence electrons. The van der Waals surface area contributed by atoms with Crippen molar-refractivity contribution in [2.45, 2.75) is 37.6 Å². The van der Waals surface area contributed by atoms with Crippen LogP contribution in [-0.4, -0.2) is 36.4 Å². The number of hydrogen-bond donors (Lipinski definition) is 0. The highest BCUT2D eigenvalue weighted by Crippen LogP contribution is 2.49. The number of amides is 1. The van der Waals surface area contributed by atoms with Crippen LogP contribution in [0.4, 0.5) is 10.5 Å². The molecule has 4 nitrogen and oxygen atoms in total. The Balaban J connectivity index is 2.09. The predicted octanol–water partition coefficient (Wildman–Crippen LogP) is 3.84. The fourth-order valence-corrected chi connectivity index (χ4v) is 3.93. The zero-order chi connectivity index (χ0) is 15.7. The van der Waals surface area contributed by atoms with Gasteiger partial charge in [-0.05, 0) is 30.9 Å². The lowest BCUT2D eigenvalue weighted by Gasteiger charge is -2.44. The van der Waals surface area contributed by atoms with Crippen LogP contribution >= 0.6 is 0 Å². The van der Waals surface area contributed by atoms with E-state index in [-0.39, 0.29) is 17.6 Å². The van der Waals surface area contributed by atoms with Gasteiger partial charge in [-0.25, -0.2) is 4.79 Å². The van der Waals surface area contributed by atoms with Crippen molar-refractivity contribution in [3.05, 3.63) is 42.5 Å². The van der Waals surface area contributed by atoms with E-state index in [0.717, 1.165) is 30.7 Å². The number of allylic oxidation sites excluding steroid dienone is 1. The van der Waals surface area contributed by atoms with Crippen LogP contribution in [0.5, 0.6) is 0 Å². The van der Waals surface area contributed by atoms with Crippen molar-refractivity contribution in [3.63, 3.8) is 0 Å². The van der Waals surface area contributed by atoms with Gasteiger partial charge in [0, 0.05) is 12.0 Å². The zero-order valence-corrected chi connectivity index (χ0v) is 13.2. The summed E-state index contributed by atoms with van der Waals surface area (Å²) >= 11 is 0. The molecule has 2 aliphatic heterocycles. The Morgan fingerprint density at radius 1 is 1.55 bits per heavy atom. The van der Waals surface area contributed by atoms with Gasteiger partial charge in [0.05, 0.1) is 24.6 Å². The van der Waals surface area contributed by atoms with E-state index in [1.807, 2.05) is 17.0 Å². The lowest BCUT2D eigenvalue weighted by atomic mass is 9.67. The van der Waals surface area contributed by atoms with Crippen molar-refractivity contribution in [3.8, 4) is 0 Å². The summed E-state index contributed by atoms with van der Waals surface area (Å²) < 4.78 is 4.95. The topological polar surface area (TPSA) is 41.9 Å². The second-order valence-electron chi connectivity index (χ2n) is 5.93. The minimum Gasteiger partial charge on any atom is -0.453 e. The Labute approximate surface area is 131 Å². The molecule has 1 fully saturated rings. The third-order valence-electron chi connectivity index (χ3n) is 4.91. The molecule has 1 aromatic carbocycles. The first-order valence-electron chi connectivity index (χ1n) is 7.82. The SMILES string of the molecule is C=CCC12CCN(C(=O)OC)C(CC)C1=Nc1ccccc12. The van der Waals surface area contributed by atoms with E-state index in [0.29, 0.717) is 6.54 Å². The van der Waals surface area contributed by atoms with Crippen molar-refractivity contribution in [1.82, 2.24) is 4.90 Å². The van der Waals surface area contributed by atoms with Crippen LogP contribution in [0, 0.1) is 0 Å². The van der Waals surface area contributed by atoms with Crippen LogP contribution in [0.15, 0.2) is 41.9 Å². The second-order valence-corrected chi connectivity index (χ2v) is 5.93. The number of rotatable bonds is 3. The number of carbonyl (C=O) groups is 1. The van der Waals surface area contributed by atoms with E-state index in [9.17, 15) is 4.79 Å². The number of carbonyl (C=O) groups excluding carboxylic acids is 1. The van der Waals surface area contributed by atoms with Crippen LogP contribution in [0.1, 0.15) is 31.7 Å². The molecular formula is C18H22N2O2. The van der Waals surface area contributed by atoms with Gasteiger partial charge in [-0.15, -0.1) is 6.58 Å². The average molecular weight is 298 g/mol. The normalized spacial score (nSPS) is 26.0. The molecule has 1 aromatic rings. The molecule has 0 saturated carbocycles. The van der Waals surface area contributed by atoms with Gasteiger partial charge in [0.2, 0.25) is 0 Å². The Bertz CT molecular complexity index is 638. The minimum atomic E-state index is -0.266. The molecule has 0 aromatic heterocycles. The molecule has 0 aliphatic carbocycles. The summed E-state index contributed by atoms with van der Waals surface area (Å²) in [7, 11) is 1.44. The lowest BCUT2D eigenvalue weighted by Crippen LogP contribution is -2.57. The minimum absolute atomic E-state index is 0.00597. The monoisotopic (exact) mass is 298 g/mol. The number of nitrogens with zero attached hydrogens (tertiary/aromatic N) is 2. The van der Waals surface area contributed by atoms with Crippen LogP contribution in [0.25, 0.3) is 0 Å². The molecule has 0 spiro atoms. The van der Waals surface area contributed by atoms with Gasteiger partial charge in [0.25, 0.3) is 0 Å². The zero-order valence-electron chi connectivity index (χ0n) is 13.2. The molecule has 1 saturated heterocycles. The molecule has 2 atom stereocenters. The molecule has 4 heteroatoms. The fourth-order valence-electron chi connectivity index (χ4n) is 3.93. The molecule has 22 heavy (non-hydrogen) atoms. The first kappa shape index (κ1) is 14.8. The summed E-state index contributed by atoms with van der Waals surface area (Å²) in [4.78, 5) is 18.8. The third-order valence-corrected chi connectivity index (χ3v) is 4.91. The number of aliphatic imine (C=N–C) groups is 1. The van der Waals surface area contributed by atoms with Gasteiger partial charge in [-0.3, -0.25) is 9.89 Å². The first-order valence-corrected chi connectivity index (χ1v) is 7.82. The van der Waals surface area contributed by atoms with Crippen molar-refractivity contribution < 1.29 is 9.53 Å². The van der Waals surface area contributed by atoms with Gasteiger partial charge in [-0.2, -0.15) is 0 Å². The number of methoxy groups -OCH3 is 1. The maximum absolute atomic E-state index is 12.1. The molecule has 3 rings (SSSR count). The Morgan fingerprint density at radius 3 is 3.00 bits per heavy atom. The molecule has 2 aliphatic rings. The molecule has 0 radical (unpaired) electrons. The van der Waals surface area contributed by atoms with Gasteiger partial charge in [0.1, 0.15) is 0 Å². The van der Waals surface area contributed by atoms with E-state index < -0.39 is 0 Å². The van der Waals surface area contributed by atoms with E-state index in [2.05, 4.69) is 31.7 Å². The summed E-state index contributed by atoms with van der Waals surface area (Å²) in [5.41, 5.74) is 3.29. The fraction of sp³-hybridized carbons (Fsp3) is 0.444. The number of piperidine rings is 1.